The van der Waals surface area contributed by atoms with Crippen molar-refractivity contribution in [3.63, 3.8) is 0 Å². The molecule has 3 aromatic carbocycles. The van der Waals surface area contributed by atoms with E-state index in [4.69, 9.17) is 0 Å². The van der Waals surface area contributed by atoms with Crippen molar-refractivity contribution >= 4 is 33.5 Å². The SMILES string of the molecule is O=c1[nH]c(=O)c2cc(C3=Cc4c(n(-c5ccccc5)c5ccc(F)cc45)CC3)ccc2[nH]1. The predicted octanol–water partition coefficient (Wildman–Crippen LogP) is 4.79. The molecule has 0 saturated heterocycles. The third-order valence-electron chi connectivity index (χ3n) is 6.14. The standard InChI is InChI=1S/C26H18FN3O2/c27-17-8-11-24-20(14-17)19-12-16(7-10-23(19)30(24)18-4-2-1-3-5-18)15-6-9-22-21(13-15)25(31)29-26(32)28-22/h1-6,8-9,11-14H,7,10H2,(H2,28,29,31,32). The average Bonchev–Trinajstić information content (AvgIpc) is 3.12. The van der Waals surface area contributed by atoms with Crippen molar-refractivity contribution in [2.75, 3.05) is 0 Å². The van der Waals surface area contributed by atoms with E-state index >= 15 is 0 Å². The lowest BCUT2D eigenvalue weighted by atomic mass is 9.90. The fourth-order valence-corrected chi connectivity index (χ4v) is 4.71. The Hall–Kier alpha value is -4.19. The van der Waals surface area contributed by atoms with Crippen LogP contribution in [-0.4, -0.2) is 14.5 Å². The molecule has 0 unspecified atom stereocenters. The Morgan fingerprint density at radius 2 is 1.69 bits per heavy atom. The van der Waals surface area contributed by atoms with Gasteiger partial charge < -0.3 is 9.55 Å². The van der Waals surface area contributed by atoms with Gasteiger partial charge in [0.25, 0.3) is 5.56 Å². The van der Waals surface area contributed by atoms with Gasteiger partial charge in [-0.05, 0) is 72.5 Å². The van der Waals surface area contributed by atoms with Gasteiger partial charge in [0, 0.05) is 22.3 Å². The summed E-state index contributed by atoms with van der Waals surface area (Å²) in [5.41, 5.74) is 5.71. The molecule has 0 saturated carbocycles. The first kappa shape index (κ1) is 18.6. The number of benzene rings is 3. The summed E-state index contributed by atoms with van der Waals surface area (Å²) in [5.74, 6) is -0.271. The minimum Gasteiger partial charge on any atom is -0.313 e. The zero-order chi connectivity index (χ0) is 21.8. The van der Waals surface area contributed by atoms with Crippen LogP contribution < -0.4 is 11.2 Å². The summed E-state index contributed by atoms with van der Waals surface area (Å²) >= 11 is 0. The summed E-state index contributed by atoms with van der Waals surface area (Å²) in [6.07, 6.45) is 3.67. The number of aromatic nitrogens is 3. The third-order valence-corrected chi connectivity index (χ3v) is 6.14. The Balaban J connectivity index is 1.58. The van der Waals surface area contributed by atoms with Crippen LogP contribution in [0, 0.1) is 5.82 Å². The molecule has 0 fully saturated rings. The van der Waals surface area contributed by atoms with Crippen molar-refractivity contribution in [1.29, 1.82) is 0 Å². The Kier molecular flexibility index (Phi) is 4.01. The highest BCUT2D eigenvalue weighted by Gasteiger charge is 2.22. The first-order valence-corrected chi connectivity index (χ1v) is 10.4. The van der Waals surface area contributed by atoms with Gasteiger partial charge in [0.15, 0.2) is 0 Å². The summed E-state index contributed by atoms with van der Waals surface area (Å²) < 4.78 is 16.4. The quantitative estimate of drug-likeness (QED) is 0.429. The van der Waals surface area contributed by atoms with Crippen molar-refractivity contribution < 1.29 is 4.39 Å². The number of nitrogens with zero attached hydrogens (tertiary/aromatic N) is 1. The second-order valence-corrected chi connectivity index (χ2v) is 8.03. The Labute approximate surface area is 181 Å². The minimum atomic E-state index is -0.521. The molecule has 156 valence electrons. The fourth-order valence-electron chi connectivity index (χ4n) is 4.71. The summed E-state index contributed by atoms with van der Waals surface area (Å²) in [5, 5.41) is 1.30. The summed E-state index contributed by atoms with van der Waals surface area (Å²) in [6, 6.07) is 20.5. The van der Waals surface area contributed by atoms with Gasteiger partial charge >= 0.3 is 5.69 Å². The van der Waals surface area contributed by atoms with E-state index in [0.717, 1.165) is 51.8 Å². The average molecular weight is 423 g/mol. The van der Waals surface area contributed by atoms with Gasteiger partial charge in [0.1, 0.15) is 5.82 Å². The van der Waals surface area contributed by atoms with E-state index in [9.17, 15) is 14.0 Å². The minimum absolute atomic E-state index is 0.271. The molecular weight excluding hydrogens is 405 g/mol. The number of allylic oxidation sites excluding steroid dienone is 1. The van der Waals surface area contributed by atoms with Gasteiger partial charge in [-0.25, -0.2) is 9.18 Å². The van der Waals surface area contributed by atoms with Crippen molar-refractivity contribution in [1.82, 2.24) is 14.5 Å². The number of hydrogen-bond donors (Lipinski definition) is 2. The zero-order valence-corrected chi connectivity index (χ0v) is 17.0. The van der Waals surface area contributed by atoms with Gasteiger partial charge in [-0.3, -0.25) is 9.78 Å². The van der Waals surface area contributed by atoms with Crippen LogP contribution in [0.25, 0.3) is 39.1 Å². The second-order valence-electron chi connectivity index (χ2n) is 8.03. The molecule has 1 aliphatic carbocycles. The number of fused-ring (bicyclic) bond motifs is 4. The smallest absolute Gasteiger partial charge is 0.313 e. The van der Waals surface area contributed by atoms with E-state index in [1.165, 1.54) is 6.07 Å². The summed E-state index contributed by atoms with van der Waals surface area (Å²) in [4.78, 5) is 28.7. The fraction of sp³-hybridized carbons (Fsp3) is 0.0769. The molecule has 0 atom stereocenters. The molecule has 5 nitrogen and oxygen atoms in total. The highest BCUT2D eigenvalue weighted by atomic mass is 19.1. The molecule has 0 radical (unpaired) electrons. The lowest BCUT2D eigenvalue weighted by molar-refractivity contribution is 0.629. The number of nitrogens with one attached hydrogen (secondary N) is 2. The van der Waals surface area contributed by atoms with E-state index < -0.39 is 11.2 Å². The number of H-pyrrole nitrogens is 2. The number of aromatic amines is 2. The maximum absolute atomic E-state index is 14.2. The number of rotatable bonds is 2. The first-order valence-electron chi connectivity index (χ1n) is 10.4. The summed E-state index contributed by atoms with van der Waals surface area (Å²) in [7, 11) is 0. The lowest BCUT2D eigenvalue weighted by Crippen LogP contribution is -2.21. The number of para-hydroxylation sites is 1. The molecule has 5 aromatic rings. The highest BCUT2D eigenvalue weighted by molar-refractivity contribution is 5.99. The van der Waals surface area contributed by atoms with Crippen molar-refractivity contribution in [2.45, 2.75) is 12.8 Å². The topological polar surface area (TPSA) is 70.7 Å². The van der Waals surface area contributed by atoms with E-state index in [-0.39, 0.29) is 5.82 Å². The van der Waals surface area contributed by atoms with Crippen molar-refractivity contribution in [3.05, 3.63) is 110 Å². The maximum atomic E-state index is 14.2. The van der Waals surface area contributed by atoms with Crippen LogP contribution >= 0.6 is 0 Å². The molecule has 2 heterocycles. The molecule has 0 bridgehead atoms. The number of halogens is 1. The van der Waals surface area contributed by atoms with E-state index in [0.29, 0.717) is 10.9 Å². The molecule has 0 amide bonds. The van der Waals surface area contributed by atoms with Crippen LogP contribution in [0.4, 0.5) is 4.39 Å². The molecule has 32 heavy (non-hydrogen) atoms. The molecule has 6 rings (SSSR count). The van der Waals surface area contributed by atoms with E-state index in [2.05, 4.69) is 32.7 Å². The van der Waals surface area contributed by atoms with Crippen LogP contribution in [0.5, 0.6) is 0 Å². The van der Waals surface area contributed by atoms with Crippen molar-refractivity contribution in [3.8, 4) is 5.69 Å². The van der Waals surface area contributed by atoms with Crippen molar-refractivity contribution in [2.24, 2.45) is 0 Å². The summed E-state index contributed by atoms with van der Waals surface area (Å²) in [6.45, 7) is 0. The van der Waals surface area contributed by atoms with Crippen LogP contribution in [0.15, 0.2) is 76.3 Å². The van der Waals surface area contributed by atoms with Crippen LogP contribution in [0.2, 0.25) is 0 Å². The van der Waals surface area contributed by atoms with E-state index in [1.54, 1.807) is 18.2 Å². The molecule has 2 N–H and O–H groups in total. The maximum Gasteiger partial charge on any atom is 0.326 e. The Bertz CT molecular complexity index is 1670. The Morgan fingerprint density at radius 1 is 0.844 bits per heavy atom. The van der Waals surface area contributed by atoms with Gasteiger partial charge in [-0.1, -0.05) is 24.3 Å². The monoisotopic (exact) mass is 423 g/mol. The van der Waals surface area contributed by atoms with E-state index in [1.807, 2.05) is 30.3 Å². The van der Waals surface area contributed by atoms with Gasteiger partial charge in [-0.15, -0.1) is 0 Å². The van der Waals surface area contributed by atoms with Gasteiger partial charge in [-0.2, -0.15) is 0 Å². The van der Waals surface area contributed by atoms with Gasteiger partial charge in [0.2, 0.25) is 0 Å². The first-order chi connectivity index (χ1) is 15.6. The van der Waals surface area contributed by atoms with Crippen LogP contribution in [0.1, 0.15) is 23.2 Å². The Morgan fingerprint density at radius 3 is 2.53 bits per heavy atom. The molecular formula is C26H18FN3O2. The molecule has 1 aliphatic rings. The molecule has 2 aromatic heterocycles. The molecule has 0 spiro atoms. The zero-order valence-electron chi connectivity index (χ0n) is 17.0. The van der Waals surface area contributed by atoms with Crippen LogP contribution in [0.3, 0.4) is 0 Å². The lowest BCUT2D eigenvalue weighted by Gasteiger charge is -2.18. The van der Waals surface area contributed by atoms with Crippen LogP contribution in [-0.2, 0) is 6.42 Å². The van der Waals surface area contributed by atoms with Gasteiger partial charge in [0.05, 0.1) is 16.4 Å². The normalized spacial score (nSPS) is 13.3. The largest absolute Gasteiger partial charge is 0.326 e. The number of hydrogen-bond acceptors (Lipinski definition) is 2. The predicted molar refractivity (Wildman–Crippen MR) is 125 cm³/mol. The second kappa shape index (κ2) is 6.92. The third kappa shape index (κ3) is 2.84. The molecule has 6 heteroatoms. The molecule has 0 aliphatic heterocycles. The highest BCUT2D eigenvalue weighted by Crippen LogP contribution is 2.38.